The van der Waals surface area contributed by atoms with E-state index in [1.807, 2.05) is 19.2 Å². The van der Waals surface area contributed by atoms with Gasteiger partial charge in [0, 0.05) is 39.7 Å². The largest absolute Gasteiger partial charge is 0.355 e. The number of aromatic nitrogens is 1. The Labute approximate surface area is 90.6 Å². The number of hydrogen-bond donors (Lipinski definition) is 1. The second-order valence-corrected chi connectivity index (χ2v) is 3.33. The van der Waals surface area contributed by atoms with Crippen LogP contribution in [0.15, 0.2) is 18.5 Å². The van der Waals surface area contributed by atoms with Gasteiger partial charge >= 0.3 is 0 Å². The monoisotopic (exact) mass is 210 g/mol. The first-order chi connectivity index (χ1) is 7.27. The summed E-state index contributed by atoms with van der Waals surface area (Å²) in [5, 5.41) is 3.27. The molecule has 0 aromatic carbocycles. The van der Waals surface area contributed by atoms with Gasteiger partial charge in [0.1, 0.15) is 0 Å². The molecular weight excluding hydrogens is 192 g/mol. The minimum atomic E-state index is -0.188. The van der Waals surface area contributed by atoms with Gasteiger partial charge in [-0.3, -0.25) is 4.98 Å². The van der Waals surface area contributed by atoms with Crippen molar-refractivity contribution in [3.63, 3.8) is 0 Å². The van der Waals surface area contributed by atoms with Gasteiger partial charge in [0.2, 0.25) is 0 Å². The van der Waals surface area contributed by atoms with E-state index in [4.69, 9.17) is 9.47 Å². The van der Waals surface area contributed by atoms with Crippen LogP contribution in [0.4, 0.5) is 0 Å². The zero-order valence-corrected chi connectivity index (χ0v) is 9.49. The number of nitrogens with one attached hydrogen (secondary N) is 1. The predicted octanol–water partition coefficient (Wildman–Crippen LogP) is 1.10. The van der Waals surface area contributed by atoms with Crippen LogP contribution in [0.25, 0.3) is 0 Å². The molecule has 1 aromatic rings. The summed E-state index contributed by atoms with van der Waals surface area (Å²) in [5.41, 5.74) is 2.44. The fraction of sp³-hybridized carbons (Fsp3) is 0.545. The van der Waals surface area contributed by atoms with Crippen LogP contribution in [-0.4, -0.2) is 32.0 Å². The van der Waals surface area contributed by atoms with Crippen LogP contribution in [0.1, 0.15) is 11.1 Å². The van der Waals surface area contributed by atoms with Gasteiger partial charge < -0.3 is 14.8 Å². The van der Waals surface area contributed by atoms with Crippen molar-refractivity contribution < 1.29 is 9.47 Å². The quantitative estimate of drug-likeness (QED) is 0.714. The summed E-state index contributed by atoms with van der Waals surface area (Å²) >= 11 is 0. The summed E-state index contributed by atoms with van der Waals surface area (Å²) in [4.78, 5) is 4.04. The summed E-state index contributed by atoms with van der Waals surface area (Å²) in [6.07, 6.45) is 3.47. The van der Waals surface area contributed by atoms with Crippen LogP contribution in [0, 0.1) is 6.92 Å². The molecule has 0 bridgehead atoms. The second-order valence-electron chi connectivity index (χ2n) is 3.33. The van der Waals surface area contributed by atoms with E-state index in [2.05, 4.69) is 10.3 Å². The SMILES string of the molecule is COC(CNCc1ccncc1C)OC. The fourth-order valence-electron chi connectivity index (χ4n) is 1.29. The van der Waals surface area contributed by atoms with Crippen molar-refractivity contribution in [2.45, 2.75) is 19.8 Å². The molecule has 0 radical (unpaired) electrons. The number of pyridine rings is 1. The Hall–Kier alpha value is -0.970. The molecule has 1 heterocycles. The topological polar surface area (TPSA) is 43.4 Å². The van der Waals surface area contributed by atoms with Crippen LogP contribution in [-0.2, 0) is 16.0 Å². The van der Waals surface area contributed by atoms with Crippen LogP contribution < -0.4 is 5.32 Å². The third-order valence-corrected chi connectivity index (χ3v) is 2.29. The fourth-order valence-corrected chi connectivity index (χ4v) is 1.29. The molecule has 0 saturated heterocycles. The molecular formula is C11H18N2O2. The number of rotatable bonds is 6. The normalized spacial score (nSPS) is 10.9. The van der Waals surface area contributed by atoms with Crippen LogP contribution in [0.2, 0.25) is 0 Å². The molecule has 4 nitrogen and oxygen atoms in total. The lowest BCUT2D eigenvalue weighted by Gasteiger charge is -2.14. The number of aryl methyl sites for hydroxylation is 1. The third kappa shape index (κ3) is 3.95. The molecule has 0 fully saturated rings. The van der Waals surface area contributed by atoms with E-state index in [0.717, 1.165) is 6.54 Å². The molecule has 4 heteroatoms. The van der Waals surface area contributed by atoms with Crippen molar-refractivity contribution in [1.29, 1.82) is 0 Å². The molecule has 0 spiro atoms. The van der Waals surface area contributed by atoms with Gasteiger partial charge in [-0.1, -0.05) is 0 Å². The molecule has 15 heavy (non-hydrogen) atoms. The van der Waals surface area contributed by atoms with Gasteiger partial charge in [0.25, 0.3) is 0 Å². The average molecular weight is 210 g/mol. The zero-order valence-electron chi connectivity index (χ0n) is 9.49. The molecule has 0 saturated carbocycles. The van der Waals surface area contributed by atoms with Crippen molar-refractivity contribution in [3.05, 3.63) is 29.6 Å². The van der Waals surface area contributed by atoms with Crippen molar-refractivity contribution in [2.75, 3.05) is 20.8 Å². The minimum absolute atomic E-state index is 0.188. The first-order valence-electron chi connectivity index (χ1n) is 4.93. The van der Waals surface area contributed by atoms with E-state index >= 15 is 0 Å². The van der Waals surface area contributed by atoms with E-state index in [1.165, 1.54) is 11.1 Å². The van der Waals surface area contributed by atoms with Gasteiger partial charge in [0.05, 0.1) is 0 Å². The van der Waals surface area contributed by atoms with Gasteiger partial charge in [-0.05, 0) is 24.1 Å². The number of ether oxygens (including phenoxy) is 2. The molecule has 1 rings (SSSR count). The van der Waals surface area contributed by atoms with Gasteiger partial charge in [-0.15, -0.1) is 0 Å². The number of nitrogens with zero attached hydrogens (tertiary/aromatic N) is 1. The summed E-state index contributed by atoms with van der Waals surface area (Å²) < 4.78 is 10.1. The molecule has 1 N–H and O–H groups in total. The van der Waals surface area contributed by atoms with E-state index in [1.54, 1.807) is 20.4 Å². The van der Waals surface area contributed by atoms with Crippen LogP contribution >= 0.6 is 0 Å². The number of methoxy groups -OCH3 is 2. The molecule has 0 aliphatic carbocycles. The van der Waals surface area contributed by atoms with Gasteiger partial charge in [0.15, 0.2) is 6.29 Å². The van der Waals surface area contributed by atoms with Crippen molar-refractivity contribution in [3.8, 4) is 0 Å². The first-order valence-corrected chi connectivity index (χ1v) is 4.93. The predicted molar refractivity (Wildman–Crippen MR) is 58.5 cm³/mol. The Morgan fingerprint density at radius 2 is 2.13 bits per heavy atom. The smallest absolute Gasteiger partial charge is 0.169 e. The molecule has 0 atom stereocenters. The highest BCUT2D eigenvalue weighted by Crippen LogP contribution is 2.04. The minimum Gasteiger partial charge on any atom is -0.355 e. The Morgan fingerprint density at radius 1 is 1.40 bits per heavy atom. The van der Waals surface area contributed by atoms with E-state index in [-0.39, 0.29) is 6.29 Å². The lowest BCUT2D eigenvalue weighted by Crippen LogP contribution is -2.29. The summed E-state index contributed by atoms with van der Waals surface area (Å²) in [7, 11) is 3.26. The highest BCUT2D eigenvalue weighted by molar-refractivity contribution is 5.21. The van der Waals surface area contributed by atoms with Crippen molar-refractivity contribution in [2.24, 2.45) is 0 Å². The molecule has 0 aliphatic rings. The molecule has 0 aliphatic heterocycles. The third-order valence-electron chi connectivity index (χ3n) is 2.29. The molecule has 0 amide bonds. The van der Waals surface area contributed by atoms with Gasteiger partial charge in [-0.2, -0.15) is 0 Å². The average Bonchev–Trinajstić information content (AvgIpc) is 2.27. The maximum atomic E-state index is 5.07. The Balaban J connectivity index is 2.34. The Bertz CT molecular complexity index is 288. The highest BCUT2D eigenvalue weighted by Gasteiger charge is 2.04. The van der Waals surface area contributed by atoms with E-state index < -0.39 is 0 Å². The molecule has 0 unspecified atom stereocenters. The Kier molecular flexibility index (Phi) is 5.25. The maximum absolute atomic E-state index is 5.07. The standard InChI is InChI=1S/C11H18N2O2/c1-9-6-12-5-4-10(9)7-13-8-11(14-2)15-3/h4-6,11,13H,7-8H2,1-3H3. The Morgan fingerprint density at radius 3 is 2.73 bits per heavy atom. The second kappa shape index (κ2) is 6.50. The molecule has 1 aromatic heterocycles. The lowest BCUT2D eigenvalue weighted by atomic mass is 10.1. The first kappa shape index (κ1) is 12.1. The summed E-state index contributed by atoms with van der Waals surface area (Å²) in [6, 6.07) is 2.01. The van der Waals surface area contributed by atoms with Gasteiger partial charge in [-0.25, -0.2) is 0 Å². The summed E-state index contributed by atoms with van der Waals surface area (Å²) in [6.45, 7) is 3.53. The lowest BCUT2D eigenvalue weighted by molar-refractivity contribution is -0.0989. The van der Waals surface area contributed by atoms with E-state index in [0.29, 0.717) is 6.54 Å². The summed E-state index contributed by atoms with van der Waals surface area (Å²) in [5.74, 6) is 0. The zero-order chi connectivity index (χ0) is 11.1. The van der Waals surface area contributed by atoms with Crippen LogP contribution in [0.5, 0.6) is 0 Å². The maximum Gasteiger partial charge on any atom is 0.169 e. The highest BCUT2D eigenvalue weighted by atomic mass is 16.7. The van der Waals surface area contributed by atoms with E-state index in [9.17, 15) is 0 Å². The van der Waals surface area contributed by atoms with Crippen molar-refractivity contribution >= 4 is 0 Å². The molecule has 84 valence electrons. The van der Waals surface area contributed by atoms with Crippen LogP contribution in [0.3, 0.4) is 0 Å². The number of hydrogen-bond acceptors (Lipinski definition) is 4. The van der Waals surface area contributed by atoms with Crippen molar-refractivity contribution in [1.82, 2.24) is 10.3 Å².